The van der Waals surface area contributed by atoms with Gasteiger partial charge in [-0.1, -0.05) is 12.1 Å². The zero-order valence-corrected chi connectivity index (χ0v) is 13.0. The zero-order chi connectivity index (χ0) is 15.8. The van der Waals surface area contributed by atoms with Crippen LogP contribution in [0.2, 0.25) is 0 Å². The molecule has 0 N–H and O–H groups in total. The first-order chi connectivity index (χ1) is 11.2. The Labute approximate surface area is 134 Å². The van der Waals surface area contributed by atoms with E-state index in [0.29, 0.717) is 5.65 Å². The van der Waals surface area contributed by atoms with Crippen LogP contribution >= 0.6 is 0 Å². The van der Waals surface area contributed by atoms with Gasteiger partial charge in [0.1, 0.15) is 11.5 Å². The van der Waals surface area contributed by atoms with Crippen molar-refractivity contribution in [3.8, 4) is 0 Å². The first kappa shape index (κ1) is 13.9. The molecule has 0 saturated carbocycles. The maximum atomic E-state index is 12.3. The Kier molecular flexibility index (Phi) is 3.33. The lowest BCUT2D eigenvalue weighted by Crippen LogP contribution is -2.27. The molecule has 1 aliphatic heterocycles. The minimum Gasteiger partial charge on any atom is -0.348 e. The van der Waals surface area contributed by atoms with Gasteiger partial charge >= 0.3 is 0 Å². The topological polar surface area (TPSA) is 50.5 Å². The highest BCUT2D eigenvalue weighted by atomic mass is 16.1. The summed E-state index contributed by atoms with van der Waals surface area (Å²) in [5.74, 6) is 0.743. The summed E-state index contributed by atoms with van der Waals surface area (Å²) in [4.78, 5) is 23.9. The van der Waals surface area contributed by atoms with Gasteiger partial charge < -0.3 is 4.90 Å². The Morgan fingerprint density at radius 2 is 2.04 bits per heavy atom. The lowest BCUT2D eigenvalue weighted by molar-refractivity contribution is 0.684. The van der Waals surface area contributed by atoms with E-state index in [0.717, 1.165) is 36.6 Å². The highest BCUT2D eigenvalue weighted by Crippen LogP contribution is 2.34. The van der Waals surface area contributed by atoms with Crippen molar-refractivity contribution in [3.05, 3.63) is 70.4 Å². The second-order valence-electron chi connectivity index (χ2n) is 5.94. The van der Waals surface area contributed by atoms with Crippen LogP contribution in [0, 0.1) is 6.92 Å². The van der Waals surface area contributed by atoms with E-state index < -0.39 is 0 Å². The minimum atomic E-state index is -0.0477. The molecule has 0 spiro atoms. The zero-order valence-electron chi connectivity index (χ0n) is 13.0. The molecule has 4 rings (SSSR count). The average molecular weight is 306 g/mol. The normalized spacial score (nSPS) is 17.8. The smallest absolute Gasteiger partial charge is 0.259 e. The maximum Gasteiger partial charge on any atom is 0.259 e. The Balaban J connectivity index is 1.78. The number of hydrogen-bond acceptors (Lipinski definition) is 4. The van der Waals surface area contributed by atoms with Gasteiger partial charge in [0.2, 0.25) is 0 Å². The molecule has 0 bridgehead atoms. The van der Waals surface area contributed by atoms with E-state index in [2.05, 4.69) is 20.9 Å². The lowest BCUT2D eigenvalue weighted by Gasteiger charge is -2.25. The second-order valence-corrected chi connectivity index (χ2v) is 5.94. The molecular weight excluding hydrogens is 288 g/mol. The summed E-state index contributed by atoms with van der Waals surface area (Å²) in [6, 6.07) is 13.5. The third-order valence-corrected chi connectivity index (χ3v) is 4.36. The van der Waals surface area contributed by atoms with Crippen LogP contribution in [0.4, 0.5) is 5.82 Å². The average Bonchev–Trinajstić information content (AvgIpc) is 3.04. The molecule has 1 saturated heterocycles. The quantitative estimate of drug-likeness (QED) is 0.730. The molecule has 116 valence electrons. The highest BCUT2D eigenvalue weighted by Gasteiger charge is 2.28. The number of rotatable bonds is 2. The summed E-state index contributed by atoms with van der Waals surface area (Å²) in [7, 11) is 0. The Hall–Kier alpha value is -2.69. The van der Waals surface area contributed by atoms with Crippen molar-refractivity contribution in [1.29, 1.82) is 0 Å². The number of fused-ring (bicyclic) bond motifs is 1. The van der Waals surface area contributed by atoms with Crippen LogP contribution in [-0.4, -0.2) is 20.9 Å². The van der Waals surface area contributed by atoms with E-state index in [1.54, 1.807) is 16.7 Å². The summed E-state index contributed by atoms with van der Waals surface area (Å²) in [5, 5.41) is 0. The van der Waals surface area contributed by atoms with Crippen molar-refractivity contribution < 1.29 is 0 Å². The largest absolute Gasteiger partial charge is 0.348 e. The van der Waals surface area contributed by atoms with E-state index >= 15 is 0 Å². The Bertz CT molecular complexity index is 918. The molecule has 1 aliphatic rings. The van der Waals surface area contributed by atoms with Gasteiger partial charge in [-0.2, -0.15) is 0 Å². The molecule has 3 aromatic heterocycles. The van der Waals surface area contributed by atoms with Crippen LogP contribution in [-0.2, 0) is 0 Å². The van der Waals surface area contributed by atoms with Crippen LogP contribution < -0.4 is 10.5 Å². The molecule has 3 aromatic rings. The molecule has 1 atom stereocenters. The van der Waals surface area contributed by atoms with Gasteiger partial charge in [-0.25, -0.2) is 4.98 Å². The fourth-order valence-corrected chi connectivity index (χ4v) is 3.29. The monoisotopic (exact) mass is 306 g/mol. The van der Waals surface area contributed by atoms with Crippen molar-refractivity contribution >= 4 is 11.5 Å². The summed E-state index contributed by atoms with van der Waals surface area (Å²) < 4.78 is 1.57. The van der Waals surface area contributed by atoms with Crippen molar-refractivity contribution in [1.82, 2.24) is 14.4 Å². The van der Waals surface area contributed by atoms with Gasteiger partial charge in [-0.15, -0.1) is 0 Å². The fraction of sp³-hybridized carbons (Fsp3) is 0.278. The summed E-state index contributed by atoms with van der Waals surface area (Å²) in [5.41, 5.74) is 2.70. The summed E-state index contributed by atoms with van der Waals surface area (Å²) in [6.45, 7) is 2.90. The molecular formula is C18H18N4O. The van der Waals surface area contributed by atoms with E-state index in [4.69, 9.17) is 0 Å². The molecule has 5 nitrogen and oxygen atoms in total. The number of pyridine rings is 2. The van der Waals surface area contributed by atoms with Crippen molar-refractivity contribution in [3.63, 3.8) is 0 Å². The molecule has 0 aromatic carbocycles. The SMILES string of the molecule is Cc1cccc(C2CCCN2c2cc(=O)n3ccccc3n2)n1. The number of hydrogen-bond donors (Lipinski definition) is 0. The van der Waals surface area contributed by atoms with Crippen LogP contribution in [0.5, 0.6) is 0 Å². The van der Waals surface area contributed by atoms with E-state index in [1.807, 2.05) is 37.3 Å². The molecule has 4 heterocycles. The van der Waals surface area contributed by atoms with Gasteiger partial charge in [0.15, 0.2) is 0 Å². The van der Waals surface area contributed by atoms with E-state index in [1.165, 1.54) is 0 Å². The molecule has 0 aliphatic carbocycles. The third kappa shape index (κ3) is 2.48. The van der Waals surface area contributed by atoms with Crippen molar-refractivity contribution in [2.75, 3.05) is 11.4 Å². The van der Waals surface area contributed by atoms with Gasteiger partial charge in [0.25, 0.3) is 5.56 Å². The fourth-order valence-electron chi connectivity index (χ4n) is 3.29. The number of aromatic nitrogens is 3. The van der Waals surface area contributed by atoms with Gasteiger partial charge in [0, 0.05) is 24.5 Å². The van der Waals surface area contributed by atoms with Crippen LogP contribution in [0.1, 0.15) is 30.3 Å². The second kappa shape index (κ2) is 5.50. The molecule has 0 radical (unpaired) electrons. The predicted molar refractivity (Wildman–Crippen MR) is 89.8 cm³/mol. The van der Waals surface area contributed by atoms with Crippen LogP contribution in [0.25, 0.3) is 5.65 Å². The standard InChI is InChI=1S/C18H18N4O/c1-13-6-4-7-14(19-13)15-8-5-11-21(15)17-12-18(23)22-10-3-2-9-16(22)20-17/h2-4,6-7,9-10,12,15H,5,8,11H2,1H3. The van der Waals surface area contributed by atoms with Crippen molar-refractivity contribution in [2.24, 2.45) is 0 Å². The molecule has 1 fully saturated rings. The van der Waals surface area contributed by atoms with Gasteiger partial charge in [-0.3, -0.25) is 14.2 Å². The van der Waals surface area contributed by atoms with Crippen LogP contribution in [0.3, 0.4) is 0 Å². The number of aryl methyl sites for hydroxylation is 1. The predicted octanol–water partition coefficient (Wildman–Crippen LogP) is 2.74. The van der Waals surface area contributed by atoms with Crippen molar-refractivity contribution in [2.45, 2.75) is 25.8 Å². The molecule has 1 unspecified atom stereocenters. The number of nitrogens with zero attached hydrogens (tertiary/aromatic N) is 4. The molecule has 0 amide bonds. The molecule has 23 heavy (non-hydrogen) atoms. The molecule has 5 heteroatoms. The van der Waals surface area contributed by atoms with E-state index in [-0.39, 0.29) is 11.6 Å². The third-order valence-electron chi connectivity index (χ3n) is 4.36. The maximum absolute atomic E-state index is 12.3. The lowest BCUT2D eigenvalue weighted by atomic mass is 10.1. The first-order valence-corrected chi connectivity index (χ1v) is 7.91. The van der Waals surface area contributed by atoms with Crippen LogP contribution in [0.15, 0.2) is 53.5 Å². The summed E-state index contributed by atoms with van der Waals surface area (Å²) in [6.07, 6.45) is 3.86. The summed E-state index contributed by atoms with van der Waals surface area (Å²) >= 11 is 0. The first-order valence-electron chi connectivity index (χ1n) is 7.91. The van der Waals surface area contributed by atoms with Gasteiger partial charge in [-0.05, 0) is 44.0 Å². The number of anilines is 1. The van der Waals surface area contributed by atoms with Gasteiger partial charge in [0.05, 0.1) is 11.7 Å². The van der Waals surface area contributed by atoms with E-state index in [9.17, 15) is 4.79 Å². The highest BCUT2D eigenvalue weighted by molar-refractivity contribution is 5.50. The Morgan fingerprint density at radius 3 is 2.91 bits per heavy atom. The minimum absolute atomic E-state index is 0.0477. The Morgan fingerprint density at radius 1 is 1.13 bits per heavy atom.